The van der Waals surface area contributed by atoms with Gasteiger partial charge in [0.05, 0.1) is 27.6 Å². The monoisotopic (exact) mass is 406 g/mol. The zero-order valence-electron chi connectivity index (χ0n) is 10.4. The van der Waals surface area contributed by atoms with Crippen LogP contribution in [0.5, 0.6) is 0 Å². The van der Waals surface area contributed by atoms with E-state index >= 15 is 0 Å². The first-order valence-electron chi connectivity index (χ1n) is 5.89. The van der Waals surface area contributed by atoms with Gasteiger partial charge in [-0.2, -0.15) is 0 Å². The molecule has 2 nitrogen and oxygen atoms in total. The summed E-state index contributed by atoms with van der Waals surface area (Å²) >= 11 is 21.6. The molecule has 1 heterocycles. The lowest BCUT2D eigenvalue weighted by molar-refractivity contribution is 0.626. The minimum atomic E-state index is -0.425. The fraction of sp³-hybridized carbons (Fsp3) is 0.0714. The Hall–Kier alpha value is -0.810. The SMILES string of the molecule is Fc1cc(Cl)c(-n2c(CCl)nc3ccc(Cl)cc32)c(Br)c1. The number of rotatable bonds is 2. The van der Waals surface area contributed by atoms with Gasteiger partial charge in [0.25, 0.3) is 0 Å². The van der Waals surface area contributed by atoms with Crippen molar-refractivity contribution in [3.8, 4) is 5.69 Å². The Balaban J connectivity index is 2.41. The number of fused-ring (bicyclic) bond motifs is 1. The molecule has 0 radical (unpaired) electrons. The van der Waals surface area contributed by atoms with E-state index in [2.05, 4.69) is 20.9 Å². The van der Waals surface area contributed by atoms with Crippen molar-refractivity contribution in [3.05, 3.63) is 56.5 Å². The average Bonchev–Trinajstić information content (AvgIpc) is 2.76. The first kappa shape index (κ1) is 15.1. The molecule has 0 aliphatic carbocycles. The fourth-order valence-electron chi connectivity index (χ4n) is 2.19. The van der Waals surface area contributed by atoms with Crippen LogP contribution in [0.3, 0.4) is 0 Å². The van der Waals surface area contributed by atoms with E-state index in [0.29, 0.717) is 21.0 Å². The third-order valence-corrected chi connectivity index (χ3v) is 4.38. The second-order valence-corrected chi connectivity index (χ2v) is 6.31. The minimum absolute atomic E-state index is 0.187. The third-order valence-electron chi connectivity index (χ3n) is 3.01. The van der Waals surface area contributed by atoms with Gasteiger partial charge in [-0.05, 0) is 46.3 Å². The molecule has 0 unspecified atom stereocenters. The standard InChI is InChI=1S/C14H7BrCl3FN2/c15-9-4-8(19)5-10(18)14(9)21-12-3-7(17)1-2-11(12)20-13(21)6-16/h1-5H,6H2. The molecule has 0 aliphatic rings. The largest absolute Gasteiger partial charge is 0.293 e. The van der Waals surface area contributed by atoms with Crippen LogP contribution in [0.1, 0.15) is 5.82 Å². The highest BCUT2D eigenvalue weighted by atomic mass is 79.9. The second kappa shape index (κ2) is 5.76. The number of alkyl halides is 1. The van der Waals surface area contributed by atoms with Crippen molar-refractivity contribution in [2.45, 2.75) is 5.88 Å². The van der Waals surface area contributed by atoms with E-state index in [1.165, 1.54) is 12.1 Å². The van der Waals surface area contributed by atoms with Crippen LogP contribution >= 0.6 is 50.7 Å². The zero-order chi connectivity index (χ0) is 15.1. The molecule has 3 aromatic rings. The molecule has 1 aromatic heterocycles. The van der Waals surface area contributed by atoms with Gasteiger partial charge in [-0.25, -0.2) is 9.37 Å². The van der Waals surface area contributed by atoms with E-state index in [9.17, 15) is 4.39 Å². The molecule has 108 valence electrons. The molecule has 0 spiro atoms. The second-order valence-electron chi connectivity index (χ2n) is 4.35. The Morgan fingerprint density at radius 2 is 1.95 bits per heavy atom. The highest BCUT2D eigenvalue weighted by Crippen LogP contribution is 2.34. The molecule has 0 aliphatic heterocycles. The molecular formula is C14H7BrCl3FN2. The number of aromatic nitrogens is 2. The summed E-state index contributed by atoms with van der Waals surface area (Å²) in [7, 11) is 0. The molecule has 21 heavy (non-hydrogen) atoms. The van der Waals surface area contributed by atoms with Gasteiger partial charge < -0.3 is 0 Å². The number of hydrogen-bond acceptors (Lipinski definition) is 1. The summed E-state index contributed by atoms with van der Waals surface area (Å²) in [6.07, 6.45) is 0. The van der Waals surface area contributed by atoms with E-state index in [-0.39, 0.29) is 10.9 Å². The summed E-state index contributed by atoms with van der Waals surface area (Å²) in [5, 5.41) is 0.826. The molecule has 0 fully saturated rings. The lowest BCUT2D eigenvalue weighted by Crippen LogP contribution is -2.02. The van der Waals surface area contributed by atoms with E-state index in [1.54, 1.807) is 22.8 Å². The quantitative estimate of drug-likeness (QED) is 0.478. The first-order valence-corrected chi connectivity index (χ1v) is 7.97. The Labute approximate surface area is 143 Å². The van der Waals surface area contributed by atoms with Gasteiger partial charge in [0.2, 0.25) is 0 Å². The molecule has 0 amide bonds. The molecular weight excluding hydrogens is 401 g/mol. The highest BCUT2D eigenvalue weighted by Gasteiger charge is 2.18. The molecule has 0 N–H and O–H groups in total. The van der Waals surface area contributed by atoms with Crippen molar-refractivity contribution in [3.63, 3.8) is 0 Å². The van der Waals surface area contributed by atoms with E-state index in [4.69, 9.17) is 34.8 Å². The van der Waals surface area contributed by atoms with Crippen LogP contribution in [0.4, 0.5) is 4.39 Å². The molecule has 7 heteroatoms. The van der Waals surface area contributed by atoms with Crippen molar-refractivity contribution < 1.29 is 4.39 Å². The normalized spacial score (nSPS) is 11.3. The van der Waals surface area contributed by atoms with Gasteiger partial charge in [0.1, 0.15) is 11.6 Å². The maximum Gasteiger partial charge on any atom is 0.129 e. The van der Waals surface area contributed by atoms with Crippen LogP contribution in [0.2, 0.25) is 10.0 Å². The van der Waals surface area contributed by atoms with Crippen molar-refractivity contribution in [1.29, 1.82) is 0 Å². The van der Waals surface area contributed by atoms with Gasteiger partial charge >= 0.3 is 0 Å². The van der Waals surface area contributed by atoms with Gasteiger partial charge in [-0.15, -0.1) is 11.6 Å². The summed E-state index contributed by atoms with van der Waals surface area (Å²) in [5.74, 6) is 0.362. The minimum Gasteiger partial charge on any atom is -0.293 e. The molecule has 0 atom stereocenters. The highest BCUT2D eigenvalue weighted by molar-refractivity contribution is 9.10. The van der Waals surface area contributed by atoms with Gasteiger partial charge in [0.15, 0.2) is 0 Å². The Morgan fingerprint density at radius 3 is 2.62 bits per heavy atom. The number of hydrogen-bond donors (Lipinski definition) is 0. The lowest BCUT2D eigenvalue weighted by atomic mass is 10.2. The maximum atomic E-state index is 13.4. The molecule has 3 rings (SSSR count). The fourth-order valence-corrected chi connectivity index (χ4v) is 3.55. The van der Waals surface area contributed by atoms with Crippen molar-refractivity contribution in [2.75, 3.05) is 0 Å². The number of benzene rings is 2. The summed E-state index contributed by atoms with van der Waals surface area (Å²) in [4.78, 5) is 4.45. The van der Waals surface area contributed by atoms with Crippen LogP contribution in [-0.2, 0) is 5.88 Å². The predicted octanol–water partition coefficient (Wildman–Crippen LogP) is 5.97. The maximum absolute atomic E-state index is 13.4. The Morgan fingerprint density at radius 1 is 1.19 bits per heavy atom. The van der Waals surface area contributed by atoms with Gasteiger partial charge in [0, 0.05) is 9.50 Å². The first-order chi connectivity index (χ1) is 10.0. The van der Waals surface area contributed by atoms with Crippen molar-refractivity contribution >= 4 is 61.8 Å². The van der Waals surface area contributed by atoms with Crippen molar-refractivity contribution in [1.82, 2.24) is 9.55 Å². The molecule has 0 saturated carbocycles. The van der Waals surface area contributed by atoms with Gasteiger partial charge in [-0.3, -0.25) is 4.57 Å². The number of imidazole rings is 1. The van der Waals surface area contributed by atoms with Crippen LogP contribution < -0.4 is 0 Å². The average molecular weight is 408 g/mol. The van der Waals surface area contributed by atoms with E-state index in [1.807, 2.05) is 0 Å². The van der Waals surface area contributed by atoms with Crippen LogP contribution in [0.15, 0.2) is 34.8 Å². The van der Waals surface area contributed by atoms with Gasteiger partial charge in [-0.1, -0.05) is 23.2 Å². The topological polar surface area (TPSA) is 17.8 Å². The van der Waals surface area contributed by atoms with E-state index in [0.717, 1.165) is 11.0 Å². The number of nitrogens with zero attached hydrogens (tertiary/aromatic N) is 2. The third kappa shape index (κ3) is 2.66. The number of halogens is 5. The predicted molar refractivity (Wildman–Crippen MR) is 88.3 cm³/mol. The smallest absolute Gasteiger partial charge is 0.129 e. The lowest BCUT2D eigenvalue weighted by Gasteiger charge is -2.12. The van der Waals surface area contributed by atoms with Crippen molar-refractivity contribution in [2.24, 2.45) is 0 Å². The summed E-state index contributed by atoms with van der Waals surface area (Å²) in [6.45, 7) is 0. The molecule has 0 bridgehead atoms. The summed E-state index contributed by atoms with van der Waals surface area (Å²) in [5.41, 5.74) is 2.08. The Kier molecular flexibility index (Phi) is 4.14. The summed E-state index contributed by atoms with van der Waals surface area (Å²) in [6, 6.07) is 7.91. The van der Waals surface area contributed by atoms with Crippen LogP contribution in [-0.4, -0.2) is 9.55 Å². The summed E-state index contributed by atoms with van der Waals surface area (Å²) < 4.78 is 15.7. The molecule has 0 saturated heterocycles. The Bertz CT molecular complexity index is 825. The zero-order valence-corrected chi connectivity index (χ0v) is 14.2. The van der Waals surface area contributed by atoms with Crippen LogP contribution in [0.25, 0.3) is 16.7 Å². The van der Waals surface area contributed by atoms with Crippen LogP contribution in [0, 0.1) is 5.82 Å². The molecule has 2 aromatic carbocycles. The van der Waals surface area contributed by atoms with E-state index < -0.39 is 5.82 Å².